The van der Waals surface area contributed by atoms with Crippen LogP contribution >= 0.6 is 27.5 Å². The van der Waals surface area contributed by atoms with Crippen molar-refractivity contribution in [1.82, 2.24) is 15.1 Å². The zero-order chi connectivity index (χ0) is 18.7. The molecule has 0 unspecified atom stereocenters. The van der Waals surface area contributed by atoms with E-state index in [4.69, 9.17) is 11.6 Å². The Labute approximate surface area is 166 Å². The average molecular weight is 433 g/mol. The van der Waals surface area contributed by atoms with Gasteiger partial charge < -0.3 is 5.32 Å². The molecular weight excluding hydrogens is 414 g/mol. The van der Waals surface area contributed by atoms with Crippen LogP contribution in [0, 0.1) is 13.8 Å². The van der Waals surface area contributed by atoms with Crippen LogP contribution in [-0.4, -0.2) is 15.7 Å². The standard InChI is InChI=1S/C20H19BrClN3O/c1-13-19(21)14(2)25(24-13)12-15-7-9-16(10-8-15)20(26)23-11-17-5-3-4-6-18(17)22/h3-10H,11-12H2,1-2H3,(H,23,26). The minimum absolute atomic E-state index is 0.120. The number of aryl methyl sites for hydroxylation is 1. The number of rotatable bonds is 5. The van der Waals surface area contributed by atoms with Crippen molar-refractivity contribution in [2.75, 3.05) is 0 Å². The Morgan fingerprint density at radius 2 is 1.85 bits per heavy atom. The summed E-state index contributed by atoms with van der Waals surface area (Å²) in [5, 5.41) is 8.06. The lowest BCUT2D eigenvalue weighted by Crippen LogP contribution is -2.22. The normalized spacial score (nSPS) is 10.8. The third kappa shape index (κ3) is 4.17. The molecule has 6 heteroatoms. The van der Waals surface area contributed by atoms with Crippen LogP contribution in [0.3, 0.4) is 0 Å². The van der Waals surface area contributed by atoms with Crippen molar-refractivity contribution in [3.63, 3.8) is 0 Å². The predicted molar refractivity (Wildman–Crippen MR) is 108 cm³/mol. The van der Waals surface area contributed by atoms with Crippen molar-refractivity contribution in [2.24, 2.45) is 0 Å². The molecule has 0 aliphatic rings. The smallest absolute Gasteiger partial charge is 0.251 e. The molecular formula is C20H19BrClN3O. The second-order valence-corrected chi connectivity index (χ2v) is 7.31. The molecule has 0 bridgehead atoms. The number of halogens is 2. The first kappa shape index (κ1) is 18.7. The highest BCUT2D eigenvalue weighted by atomic mass is 79.9. The van der Waals surface area contributed by atoms with Gasteiger partial charge in [0.05, 0.1) is 22.4 Å². The molecule has 26 heavy (non-hydrogen) atoms. The minimum Gasteiger partial charge on any atom is -0.348 e. The first-order valence-electron chi connectivity index (χ1n) is 8.25. The van der Waals surface area contributed by atoms with Gasteiger partial charge >= 0.3 is 0 Å². The minimum atomic E-state index is -0.120. The Hall–Kier alpha value is -2.11. The SMILES string of the molecule is Cc1nn(Cc2ccc(C(=O)NCc3ccccc3Cl)cc2)c(C)c1Br. The number of nitrogens with zero attached hydrogens (tertiary/aromatic N) is 2. The molecule has 3 aromatic rings. The summed E-state index contributed by atoms with van der Waals surface area (Å²) in [5.41, 5.74) is 4.66. The maximum Gasteiger partial charge on any atom is 0.251 e. The lowest BCUT2D eigenvalue weighted by atomic mass is 10.1. The van der Waals surface area contributed by atoms with Crippen molar-refractivity contribution < 1.29 is 4.79 Å². The molecule has 3 rings (SSSR count). The van der Waals surface area contributed by atoms with Crippen molar-refractivity contribution in [3.05, 3.63) is 86.1 Å². The lowest BCUT2D eigenvalue weighted by Gasteiger charge is -2.08. The van der Waals surface area contributed by atoms with E-state index in [1.807, 2.05) is 67.1 Å². The van der Waals surface area contributed by atoms with Gasteiger partial charge in [-0.25, -0.2) is 0 Å². The summed E-state index contributed by atoms with van der Waals surface area (Å²) in [6.45, 7) is 5.07. The molecule has 2 aromatic carbocycles. The fourth-order valence-electron chi connectivity index (χ4n) is 2.68. The van der Waals surface area contributed by atoms with Gasteiger partial charge in [0.1, 0.15) is 0 Å². The van der Waals surface area contributed by atoms with Crippen LogP contribution in [0.25, 0.3) is 0 Å². The molecule has 0 aliphatic carbocycles. The number of aromatic nitrogens is 2. The maximum absolute atomic E-state index is 12.3. The van der Waals surface area contributed by atoms with E-state index < -0.39 is 0 Å². The van der Waals surface area contributed by atoms with Gasteiger partial charge in [0.15, 0.2) is 0 Å². The molecule has 1 aromatic heterocycles. The van der Waals surface area contributed by atoms with E-state index in [1.54, 1.807) is 0 Å². The molecule has 1 heterocycles. The molecule has 0 radical (unpaired) electrons. The second kappa shape index (κ2) is 8.06. The van der Waals surface area contributed by atoms with Crippen molar-refractivity contribution >= 4 is 33.4 Å². The first-order chi connectivity index (χ1) is 12.5. The molecule has 0 spiro atoms. The summed E-state index contributed by atoms with van der Waals surface area (Å²) in [5.74, 6) is -0.120. The first-order valence-corrected chi connectivity index (χ1v) is 9.43. The Balaban J connectivity index is 1.64. The van der Waals surface area contributed by atoms with Gasteiger partial charge in [-0.2, -0.15) is 5.10 Å². The van der Waals surface area contributed by atoms with Gasteiger partial charge in [0.25, 0.3) is 5.91 Å². The molecule has 0 saturated heterocycles. The van der Waals surface area contributed by atoms with E-state index in [-0.39, 0.29) is 5.91 Å². The third-order valence-electron chi connectivity index (χ3n) is 4.24. The van der Waals surface area contributed by atoms with Gasteiger partial charge in [-0.05, 0) is 59.1 Å². The van der Waals surface area contributed by atoms with Gasteiger partial charge in [0, 0.05) is 17.1 Å². The summed E-state index contributed by atoms with van der Waals surface area (Å²) in [6.07, 6.45) is 0. The van der Waals surface area contributed by atoms with E-state index in [0.29, 0.717) is 23.7 Å². The summed E-state index contributed by atoms with van der Waals surface area (Å²) >= 11 is 9.65. The Morgan fingerprint density at radius 1 is 1.15 bits per heavy atom. The summed E-state index contributed by atoms with van der Waals surface area (Å²) in [6, 6.07) is 15.1. The number of hydrogen-bond acceptors (Lipinski definition) is 2. The molecule has 0 atom stereocenters. The monoisotopic (exact) mass is 431 g/mol. The number of benzene rings is 2. The van der Waals surface area contributed by atoms with Crippen LogP contribution in [-0.2, 0) is 13.1 Å². The van der Waals surface area contributed by atoms with Crippen LogP contribution in [0.5, 0.6) is 0 Å². The van der Waals surface area contributed by atoms with Crippen LogP contribution in [0.4, 0.5) is 0 Å². The molecule has 1 N–H and O–H groups in total. The van der Waals surface area contributed by atoms with E-state index in [0.717, 1.165) is 27.0 Å². The van der Waals surface area contributed by atoms with E-state index >= 15 is 0 Å². The molecule has 0 aliphatic heterocycles. The average Bonchev–Trinajstić information content (AvgIpc) is 2.88. The molecule has 0 fully saturated rings. The van der Waals surface area contributed by atoms with Crippen molar-refractivity contribution in [2.45, 2.75) is 26.9 Å². The Morgan fingerprint density at radius 3 is 2.46 bits per heavy atom. The highest BCUT2D eigenvalue weighted by molar-refractivity contribution is 9.10. The van der Waals surface area contributed by atoms with Crippen LogP contribution in [0.2, 0.25) is 5.02 Å². The summed E-state index contributed by atoms with van der Waals surface area (Å²) in [4.78, 5) is 12.3. The fourth-order valence-corrected chi connectivity index (χ4v) is 3.17. The van der Waals surface area contributed by atoms with Gasteiger partial charge in [-0.1, -0.05) is 41.9 Å². The number of amides is 1. The van der Waals surface area contributed by atoms with E-state index in [1.165, 1.54) is 0 Å². The summed E-state index contributed by atoms with van der Waals surface area (Å²) in [7, 11) is 0. The number of carbonyl (C=O) groups excluding carboxylic acids is 1. The Bertz CT molecular complexity index is 935. The lowest BCUT2D eigenvalue weighted by molar-refractivity contribution is 0.0951. The number of hydrogen-bond donors (Lipinski definition) is 1. The second-order valence-electron chi connectivity index (χ2n) is 6.11. The van der Waals surface area contributed by atoms with Crippen molar-refractivity contribution in [3.8, 4) is 0 Å². The fraction of sp³-hybridized carbons (Fsp3) is 0.200. The van der Waals surface area contributed by atoms with Crippen LogP contribution in [0.15, 0.2) is 53.0 Å². The van der Waals surface area contributed by atoms with Gasteiger partial charge in [0.2, 0.25) is 0 Å². The largest absolute Gasteiger partial charge is 0.348 e. The number of nitrogens with one attached hydrogen (secondary N) is 1. The van der Waals surface area contributed by atoms with Crippen LogP contribution < -0.4 is 5.32 Å². The zero-order valence-electron chi connectivity index (χ0n) is 14.6. The van der Waals surface area contributed by atoms with E-state index in [2.05, 4.69) is 26.3 Å². The molecule has 0 saturated carbocycles. The topological polar surface area (TPSA) is 46.9 Å². The summed E-state index contributed by atoms with van der Waals surface area (Å²) < 4.78 is 2.99. The van der Waals surface area contributed by atoms with Gasteiger partial charge in [-0.3, -0.25) is 9.48 Å². The predicted octanol–water partition coefficient (Wildman–Crippen LogP) is 4.89. The molecule has 134 valence electrons. The third-order valence-corrected chi connectivity index (χ3v) is 5.76. The Kier molecular flexibility index (Phi) is 5.79. The number of carbonyl (C=O) groups is 1. The zero-order valence-corrected chi connectivity index (χ0v) is 16.9. The van der Waals surface area contributed by atoms with Gasteiger partial charge in [-0.15, -0.1) is 0 Å². The van der Waals surface area contributed by atoms with Crippen molar-refractivity contribution in [1.29, 1.82) is 0 Å². The quantitative estimate of drug-likeness (QED) is 0.624. The highest BCUT2D eigenvalue weighted by Crippen LogP contribution is 2.20. The van der Waals surface area contributed by atoms with Crippen LogP contribution in [0.1, 0.15) is 32.9 Å². The molecule has 4 nitrogen and oxygen atoms in total. The molecule has 1 amide bonds. The maximum atomic E-state index is 12.3. The van der Waals surface area contributed by atoms with E-state index in [9.17, 15) is 4.79 Å². The highest BCUT2D eigenvalue weighted by Gasteiger charge is 2.10.